The lowest BCUT2D eigenvalue weighted by atomic mass is 9.92. The van der Waals surface area contributed by atoms with Crippen LogP contribution >= 0.6 is 54.5 Å². The van der Waals surface area contributed by atoms with Gasteiger partial charge in [0, 0.05) is 6.42 Å². The van der Waals surface area contributed by atoms with Crippen LogP contribution in [-0.2, 0) is 6.42 Å². The van der Waals surface area contributed by atoms with E-state index in [-0.39, 0.29) is 15.8 Å². The summed E-state index contributed by atoms with van der Waals surface area (Å²) >= 11 is 10.9. The molecule has 0 aromatic carbocycles. The third-order valence-electron chi connectivity index (χ3n) is 3.12. The molecule has 2 heterocycles. The Balaban J connectivity index is 2.13. The molecule has 2 aromatic heterocycles. The van der Waals surface area contributed by atoms with Gasteiger partial charge in [-0.1, -0.05) is 31.9 Å². The molecule has 1 nitrogen and oxygen atoms in total. The molecule has 17 heavy (non-hydrogen) atoms. The molecule has 3 unspecified atom stereocenters. The van der Waals surface area contributed by atoms with Gasteiger partial charge in [0.25, 0.3) is 0 Å². The van der Waals surface area contributed by atoms with Crippen molar-refractivity contribution in [3.05, 3.63) is 43.8 Å². The van der Waals surface area contributed by atoms with Crippen molar-refractivity contribution < 1.29 is 5.11 Å². The summed E-state index contributed by atoms with van der Waals surface area (Å²) in [5.74, 6) is 0. The molecule has 90 valence electrons. The number of fused-ring (bicyclic) bond motifs is 2. The molecule has 0 saturated heterocycles. The average Bonchev–Trinajstić information content (AvgIpc) is 2.93. The quantitative estimate of drug-likeness (QED) is 0.626. The van der Waals surface area contributed by atoms with Crippen LogP contribution in [0.2, 0.25) is 0 Å². The van der Waals surface area contributed by atoms with E-state index in [9.17, 15) is 5.11 Å². The fourth-order valence-electron chi connectivity index (χ4n) is 2.19. The fourth-order valence-corrected chi connectivity index (χ4v) is 5.78. The van der Waals surface area contributed by atoms with Gasteiger partial charge < -0.3 is 5.11 Å². The number of hydrogen-bond acceptors (Lipinski definition) is 3. The summed E-state index contributed by atoms with van der Waals surface area (Å²) in [6.45, 7) is 0. The molecule has 0 spiro atoms. The largest absolute Gasteiger partial charge is 0.388 e. The van der Waals surface area contributed by atoms with Gasteiger partial charge in [-0.05, 0) is 43.8 Å². The van der Waals surface area contributed by atoms with Gasteiger partial charge in [-0.25, -0.2) is 0 Å². The number of aliphatic hydroxyl groups is 1. The van der Waals surface area contributed by atoms with Crippen LogP contribution in [0.4, 0.5) is 0 Å². The Kier molecular flexibility index (Phi) is 3.47. The van der Waals surface area contributed by atoms with E-state index in [2.05, 4.69) is 53.4 Å². The second-order valence-corrected chi connectivity index (χ2v) is 7.62. The first kappa shape index (κ1) is 12.4. The van der Waals surface area contributed by atoms with E-state index in [0.717, 1.165) is 5.56 Å². The lowest BCUT2D eigenvalue weighted by molar-refractivity contribution is 0.177. The summed E-state index contributed by atoms with van der Waals surface area (Å²) < 4.78 is 0. The average molecular weight is 394 g/mol. The van der Waals surface area contributed by atoms with Crippen molar-refractivity contribution in [2.24, 2.45) is 0 Å². The van der Waals surface area contributed by atoms with Crippen molar-refractivity contribution in [3.63, 3.8) is 0 Å². The topological polar surface area (TPSA) is 20.2 Å². The summed E-state index contributed by atoms with van der Waals surface area (Å²) in [4.78, 5) is 0.483. The van der Waals surface area contributed by atoms with E-state index in [0.29, 0.717) is 6.42 Å². The maximum absolute atomic E-state index is 10.3. The van der Waals surface area contributed by atoms with Crippen LogP contribution in [-0.4, -0.2) is 5.11 Å². The van der Waals surface area contributed by atoms with Gasteiger partial charge >= 0.3 is 0 Å². The number of rotatable bonds is 0. The van der Waals surface area contributed by atoms with Gasteiger partial charge in [0.05, 0.1) is 15.8 Å². The molecular formula is C12H10Br2OS2. The normalized spacial score (nSPS) is 28.1. The van der Waals surface area contributed by atoms with Crippen LogP contribution in [0.25, 0.3) is 0 Å². The Morgan fingerprint density at radius 3 is 2.35 bits per heavy atom. The van der Waals surface area contributed by atoms with E-state index in [1.54, 1.807) is 22.7 Å². The van der Waals surface area contributed by atoms with E-state index < -0.39 is 0 Å². The van der Waals surface area contributed by atoms with Gasteiger partial charge in [0.15, 0.2) is 0 Å². The minimum absolute atomic E-state index is 0.215. The third kappa shape index (κ3) is 2.06. The molecular weight excluding hydrogens is 384 g/mol. The predicted molar refractivity (Wildman–Crippen MR) is 80.6 cm³/mol. The highest BCUT2D eigenvalue weighted by Gasteiger charge is 2.30. The summed E-state index contributed by atoms with van der Waals surface area (Å²) in [6.07, 6.45) is 0.328. The summed E-state index contributed by atoms with van der Waals surface area (Å²) in [7, 11) is 0. The van der Waals surface area contributed by atoms with E-state index in [1.165, 1.54) is 16.7 Å². The molecule has 0 saturated carbocycles. The third-order valence-corrected chi connectivity index (χ3v) is 7.47. The van der Waals surface area contributed by atoms with Crippen molar-refractivity contribution in [1.82, 2.24) is 0 Å². The lowest BCUT2D eigenvalue weighted by Gasteiger charge is -2.24. The Bertz CT molecular complexity index is 534. The Morgan fingerprint density at radius 2 is 1.53 bits per heavy atom. The minimum atomic E-state index is -0.385. The number of alkyl halides is 2. The highest BCUT2D eigenvalue weighted by atomic mass is 79.9. The summed E-state index contributed by atoms with van der Waals surface area (Å²) in [5.41, 5.74) is 4.83. The van der Waals surface area contributed by atoms with Gasteiger partial charge in [0.2, 0.25) is 0 Å². The zero-order valence-electron chi connectivity index (χ0n) is 8.77. The second kappa shape index (κ2) is 4.78. The SMILES string of the molecule is OC1Cc2cscc2C(Br)C(Br)c2cscc21. The Hall–Kier alpha value is 0.320. The number of aliphatic hydroxyl groups excluding tert-OH is 1. The van der Waals surface area contributed by atoms with Crippen molar-refractivity contribution in [3.8, 4) is 0 Å². The second-order valence-electron chi connectivity index (χ2n) is 4.16. The van der Waals surface area contributed by atoms with Gasteiger partial charge in [-0.15, -0.1) is 0 Å². The first-order valence-electron chi connectivity index (χ1n) is 5.25. The van der Waals surface area contributed by atoms with Crippen LogP contribution < -0.4 is 0 Å². The molecule has 1 N–H and O–H groups in total. The summed E-state index contributed by atoms with van der Waals surface area (Å²) in [5, 5.41) is 18.8. The molecule has 2 aromatic rings. The van der Waals surface area contributed by atoms with Crippen LogP contribution in [0.15, 0.2) is 21.5 Å². The smallest absolute Gasteiger partial charge is 0.0841 e. The van der Waals surface area contributed by atoms with Gasteiger partial charge in [-0.2, -0.15) is 22.7 Å². The van der Waals surface area contributed by atoms with Crippen LogP contribution in [0.3, 0.4) is 0 Å². The molecule has 1 aliphatic rings. The molecule has 0 bridgehead atoms. The molecule has 0 amide bonds. The monoisotopic (exact) mass is 392 g/mol. The van der Waals surface area contributed by atoms with E-state index in [1.807, 2.05) is 0 Å². The lowest BCUT2D eigenvalue weighted by Crippen LogP contribution is -2.11. The molecule has 0 aliphatic heterocycles. The molecule has 1 aliphatic carbocycles. The van der Waals surface area contributed by atoms with Gasteiger partial charge in [-0.3, -0.25) is 0 Å². The maximum atomic E-state index is 10.3. The first-order valence-corrected chi connectivity index (χ1v) is 8.97. The zero-order valence-corrected chi connectivity index (χ0v) is 13.6. The highest BCUT2D eigenvalue weighted by Crippen LogP contribution is 2.49. The number of halogens is 2. The first-order chi connectivity index (χ1) is 8.18. The molecule has 3 rings (SSSR count). The molecule has 5 heteroatoms. The fraction of sp³-hybridized carbons (Fsp3) is 0.333. The maximum Gasteiger partial charge on any atom is 0.0841 e. The standard InChI is InChI=1S/C12H10Br2OS2/c13-11-7-3-16-2-6(7)1-10(15)8-4-17-5-9(8)12(11)14/h2-5,10-12,15H,1H2. The summed E-state index contributed by atoms with van der Waals surface area (Å²) in [6, 6.07) is 0. The van der Waals surface area contributed by atoms with Crippen LogP contribution in [0, 0.1) is 0 Å². The molecule has 0 radical (unpaired) electrons. The Morgan fingerprint density at radius 1 is 0.941 bits per heavy atom. The van der Waals surface area contributed by atoms with Crippen LogP contribution in [0.1, 0.15) is 38.0 Å². The van der Waals surface area contributed by atoms with Gasteiger partial charge in [0.1, 0.15) is 0 Å². The molecule has 0 fully saturated rings. The van der Waals surface area contributed by atoms with E-state index in [4.69, 9.17) is 0 Å². The van der Waals surface area contributed by atoms with Crippen molar-refractivity contribution in [2.45, 2.75) is 22.2 Å². The van der Waals surface area contributed by atoms with Crippen molar-refractivity contribution >= 4 is 54.5 Å². The van der Waals surface area contributed by atoms with E-state index >= 15 is 0 Å². The van der Waals surface area contributed by atoms with Crippen molar-refractivity contribution in [2.75, 3.05) is 0 Å². The highest BCUT2D eigenvalue weighted by molar-refractivity contribution is 9.12. The predicted octanol–water partition coefficient (Wildman–Crippen LogP) is 4.97. The van der Waals surface area contributed by atoms with Crippen LogP contribution in [0.5, 0.6) is 0 Å². The molecule has 3 atom stereocenters. The number of hydrogen-bond donors (Lipinski definition) is 1. The Labute approximate surface area is 125 Å². The minimum Gasteiger partial charge on any atom is -0.388 e. The van der Waals surface area contributed by atoms with Crippen molar-refractivity contribution in [1.29, 1.82) is 0 Å². The number of thiophene rings is 2. The zero-order chi connectivity index (χ0) is 12.0.